The SMILES string of the molecule is CN=C(NCCOc1ccccc1Cl)N(C)Cc1cn(C)nc1C(C)C. The summed E-state index contributed by atoms with van der Waals surface area (Å²) in [7, 11) is 5.75. The lowest BCUT2D eigenvalue weighted by Crippen LogP contribution is -2.40. The number of nitrogens with zero attached hydrogens (tertiary/aromatic N) is 4. The van der Waals surface area contributed by atoms with Crippen LogP contribution in [0.3, 0.4) is 0 Å². The second kappa shape index (κ2) is 9.48. The summed E-state index contributed by atoms with van der Waals surface area (Å²) in [5, 5.41) is 8.50. The van der Waals surface area contributed by atoms with E-state index < -0.39 is 0 Å². The molecule has 0 amide bonds. The Morgan fingerprint density at radius 2 is 2.12 bits per heavy atom. The van der Waals surface area contributed by atoms with Gasteiger partial charge in [-0.25, -0.2) is 0 Å². The van der Waals surface area contributed by atoms with Crippen molar-refractivity contribution in [3.8, 4) is 5.75 Å². The van der Waals surface area contributed by atoms with Gasteiger partial charge in [0.2, 0.25) is 0 Å². The summed E-state index contributed by atoms with van der Waals surface area (Å²) in [6.45, 7) is 6.19. The molecule has 0 atom stereocenters. The number of aliphatic imine (C=N–C) groups is 1. The second-order valence-electron chi connectivity index (χ2n) is 6.48. The van der Waals surface area contributed by atoms with Gasteiger partial charge in [-0.3, -0.25) is 9.67 Å². The summed E-state index contributed by atoms with van der Waals surface area (Å²) < 4.78 is 7.57. The minimum absolute atomic E-state index is 0.388. The maximum atomic E-state index is 6.09. The number of benzene rings is 1. The zero-order chi connectivity index (χ0) is 19.1. The number of ether oxygens (including phenoxy) is 1. The fourth-order valence-electron chi connectivity index (χ4n) is 2.76. The fraction of sp³-hybridized carbons (Fsp3) is 0.474. The van der Waals surface area contributed by atoms with Crippen LogP contribution in [-0.4, -0.2) is 47.9 Å². The third kappa shape index (κ3) is 5.39. The summed E-state index contributed by atoms with van der Waals surface area (Å²) in [5.41, 5.74) is 2.33. The number of rotatable bonds is 7. The van der Waals surface area contributed by atoms with Gasteiger partial charge in [-0.2, -0.15) is 5.10 Å². The Labute approximate surface area is 160 Å². The van der Waals surface area contributed by atoms with Crippen LogP contribution in [0.25, 0.3) is 0 Å². The molecule has 0 radical (unpaired) electrons. The molecule has 1 aromatic heterocycles. The molecule has 0 saturated carbocycles. The zero-order valence-corrected chi connectivity index (χ0v) is 16.9. The largest absolute Gasteiger partial charge is 0.490 e. The Kier molecular flexibility index (Phi) is 7.33. The molecular weight excluding hydrogens is 350 g/mol. The Hall–Kier alpha value is -2.21. The molecule has 26 heavy (non-hydrogen) atoms. The molecule has 1 aromatic carbocycles. The maximum Gasteiger partial charge on any atom is 0.193 e. The van der Waals surface area contributed by atoms with E-state index in [9.17, 15) is 0 Å². The average molecular weight is 378 g/mol. The van der Waals surface area contributed by atoms with Gasteiger partial charge in [0.15, 0.2) is 5.96 Å². The van der Waals surface area contributed by atoms with Crippen molar-refractivity contribution in [1.82, 2.24) is 20.0 Å². The third-order valence-electron chi connectivity index (χ3n) is 3.94. The van der Waals surface area contributed by atoms with Gasteiger partial charge in [-0.1, -0.05) is 37.6 Å². The van der Waals surface area contributed by atoms with Crippen molar-refractivity contribution < 1.29 is 4.74 Å². The van der Waals surface area contributed by atoms with Crippen LogP contribution in [0, 0.1) is 0 Å². The number of para-hydroxylation sites is 1. The van der Waals surface area contributed by atoms with Crippen LogP contribution in [0.15, 0.2) is 35.5 Å². The molecule has 0 aliphatic rings. The first kappa shape index (κ1) is 20.1. The highest BCUT2D eigenvalue weighted by molar-refractivity contribution is 6.32. The molecule has 0 aliphatic carbocycles. The fourth-order valence-corrected chi connectivity index (χ4v) is 2.95. The van der Waals surface area contributed by atoms with Crippen molar-refractivity contribution >= 4 is 17.6 Å². The Morgan fingerprint density at radius 1 is 1.38 bits per heavy atom. The molecule has 2 aromatic rings. The quantitative estimate of drug-likeness (QED) is 0.457. The van der Waals surface area contributed by atoms with Crippen molar-refractivity contribution in [2.75, 3.05) is 27.2 Å². The Bertz CT molecular complexity index is 741. The van der Waals surface area contributed by atoms with E-state index in [0.29, 0.717) is 29.8 Å². The zero-order valence-electron chi connectivity index (χ0n) is 16.2. The normalized spacial score (nSPS) is 11.7. The van der Waals surface area contributed by atoms with Crippen LogP contribution in [0.4, 0.5) is 0 Å². The van der Waals surface area contributed by atoms with Crippen LogP contribution < -0.4 is 10.1 Å². The van der Waals surface area contributed by atoms with E-state index in [-0.39, 0.29) is 0 Å². The first-order valence-electron chi connectivity index (χ1n) is 8.74. The summed E-state index contributed by atoms with van der Waals surface area (Å²) in [4.78, 5) is 6.43. The summed E-state index contributed by atoms with van der Waals surface area (Å²) in [5.74, 6) is 1.89. The number of hydrogen-bond acceptors (Lipinski definition) is 3. The second-order valence-corrected chi connectivity index (χ2v) is 6.88. The number of aryl methyl sites for hydroxylation is 1. The lowest BCUT2D eigenvalue weighted by atomic mass is 10.1. The molecule has 1 N–H and O–H groups in total. The molecule has 0 saturated heterocycles. The number of aromatic nitrogens is 2. The molecule has 0 spiro atoms. The average Bonchev–Trinajstić information content (AvgIpc) is 2.97. The van der Waals surface area contributed by atoms with Crippen molar-refractivity contribution in [1.29, 1.82) is 0 Å². The van der Waals surface area contributed by atoms with Gasteiger partial charge < -0.3 is 15.0 Å². The monoisotopic (exact) mass is 377 g/mol. The predicted octanol–water partition coefficient (Wildman–Crippen LogP) is 3.28. The van der Waals surface area contributed by atoms with Crippen LogP contribution in [0.2, 0.25) is 5.02 Å². The minimum atomic E-state index is 0.388. The van der Waals surface area contributed by atoms with E-state index >= 15 is 0 Å². The molecule has 1 heterocycles. The molecular formula is C19H28ClN5O. The van der Waals surface area contributed by atoms with Gasteiger partial charge in [0.1, 0.15) is 12.4 Å². The lowest BCUT2D eigenvalue weighted by Gasteiger charge is -2.22. The van der Waals surface area contributed by atoms with E-state index in [4.69, 9.17) is 16.3 Å². The minimum Gasteiger partial charge on any atom is -0.490 e. The predicted molar refractivity (Wildman–Crippen MR) is 107 cm³/mol. The van der Waals surface area contributed by atoms with E-state index in [0.717, 1.165) is 18.2 Å². The van der Waals surface area contributed by atoms with Crippen molar-refractivity contribution in [3.63, 3.8) is 0 Å². The van der Waals surface area contributed by atoms with Crippen LogP contribution >= 0.6 is 11.6 Å². The van der Waals surface area contributed by atoms with E-state index in [2.05, 4.69) is 40.4 Å². The molecule has 142 valence electrons. The van der Waals surface area contributed by atoms with Crippen LogP contribution in [-0.2, 0) is 13.6 Å². The van der Waals surface area contributed by atoms with Crippen LogP contribution in [0.5, 0.6) is 5.75 Å². The molecule has 0 fully saturated rings. The van der Waals surface area contributed by atoms with E-state index in [1.54, 1.807) is 7.05 Å². The van der Waals surface area contributed by atoms with Crippen molar-refractivity contribution in [2.24, 2.45) is 12.0 Å². The number of halogens is 1. The van der Waals surface area contributed by atoms with Gasteiger partial charge in [-0.05, 0) is 18.1 Å². The summed E-state index contributed by atoms with van der Waals surface area (Å²) in [6, 6.07) is 7.46. The molecule has 7 heteroatoms. The lowest BCUT2D eigenvalue weighted by molar-refractivity contribution is 0.319. The third-order valence-corrected chi connectivity index (χ3v) is 4.26. The van der Waals surface area contributed by atoms with Gasteiger partial charge in [0.05, 0.1) is 17.3 Å². The number of hydrogen-bond donors (Lipinski definition) is 1. The molecule has 6 nitrogen and oxygen atoms in total. The highest BCUT2D eigenvalue weighted by atomic mass is 35.5. The summed E-state index contributed by atoms with van der Waals surface area (Å²) >= 11 is 6.09. The standard InChI is InChI=1S/C19H28ClN5O/c1-14(2)18-15(13-25(5)23-18)12-24(4)19(21-3)22-10-11-26-17-9-7-6-8-16(17)20/h6-9,13-14H,10-12H2,1-5H3,(H,21,22). The molecule has 0 unspecified atom stereocenters. The Morgan fingerprint density at radius 3 is 2.77 bits per heavy atom. The number of guanidine groups is 1. The van der Waals surface area contributed by atoms with Gasteiger partial charge >= 0.3 is 0 Å². The summed E-state index contributed by atoms with van der Waals surface area (Å²) in [6.07, 6.45) is 2.07. The highest BCUT2D eigenvalue weighted by Crippen LogP contribution is 2.22. The molecule has 0 bridgehead atoms. The van der Waals surface area contributed by atoms with Gasteiger partial charge in [0, 0.05) is 39.4 Å². The Balaban J connectivity index is 1.87. The van der Waals surface area contributed by atoms with Gasteiger partial charge in [0.25, 0.3) is 0 Å². The van der Waals surface area contributed by atoms with E-state index in [1.807, 2.05) is 43.0 Å². The number of nitrogens with one attached hydrogen (secondary N) is 1. The topological polar surface area (TPSA) is 54.7 Å². The molecule has 2 rings (SSSR count). The molecule has 0 aliphatic heterocycles. The van der Waals surface area contributed by atoms with Crippen molar-refractivity contribution in [2.45, 2.75) is 26.3 Å². The first-order chi connectivity index (χ1) is 12.4. The smallest absolute Gasteiger partial charge is 0.193 e. The van der Waals surface area contributed by atoms with Crippen LogP contribution in [0.1, 0.15) is 31.0 Å². The van der Waals surface area contributed by atoms with E-state index in [1.165, 1.54) is 5.56 Å². The first-order valence-corrected chi connectivity index (χ1v) is 9.11. The maximum absolute atomic E-state index is 6.09. The van der Waals surface area contributed by atoms with Crippen molar-refractivity contribution in [3.05, 3.63) is 46.7 Å². The van der Waals surface area contributed by atoms with Gasteiger partial charge in [-0.15, -0.1) is 0 Å². The highest BCUT2D eigenvalue weighted by Gasteiger charge is 2.15.